The number of nitrogens with one attached hydrogen (secondary N) is 2. The van der Waals surface area contributed by atoms with Gasteiger partial charge in [-0.3, -0.25) is 0 Å². The lowest BCUT2D eigenvalue weighted by atomic mass is 9.92. The number of carbonyl (C=O) groups is 1. The van der Waals surface area contributed by atoms with Gasteiger partial charge in [0, 0.05) is 6.54 Å². The second kappa shape index (κ2) is 7.95. The van der Waals surface area contributed by atoms with Gasteiger partial charge < -0.3 is 10.6 Å². The van der Waals surface area contributed by atoms with Crippen LogP contribution in [0.3, 0.4) is 0 Å². The smallest absolute Gasteiger partial charge is 0.315 e. The molecule has 0 aliphatic heterocycles. The lowest BCUT2D eigenvalue weighted by molar-refractivity contribution is 0.230. The molecule has 2 aromatic carbocycles. The van der Waals surface area contributed by atoms with Crippen molar-refractivity contribution >= 4 is 6.03 Å². The Labute approximate surface area is 142 Å². The minimum absolute atomic E-state index is 0.0434. The van der Waals surface area contributed by atoms with E-state index < -0.39 is 0 Å². The van der Waals surface area contributed by atoms with E-state index in [-0.39, 0.29) is 17.9 Å². The third-order valence-corrected chi connectivity index (χ3v) is 4.68. The Morgan fingerprint density at radius 1 is 1.04 bits per heavy atom. The topological polar surface area (TPSA) is 41.1 Å². The van der Waals surface area contributed by atoms with E-state index in [0.29, 0.717) is 12.5 Å². The first-order valence-electron chi connectivity index (χ1n) is 8.56. The second-order valence-corrected chi connectivity index (χ2v) is 6.39. The molecular weight excluding hydrogens is 303 g/mol. The summed E-state index contributed by atoms with van der Waals surface area (Å²) in [6, 6.07) is 16.2. The Hall–Kier alpha value is -2.36. The largest absolute Gasteiger partial charge is 0.334 e. The normalized spacial score (nSPS) is 15.9. The number of hydrogen-bond acceptors (Lipinski definition) is 1. The zero-order valence-electron chi connectivity index (χ0n) is 13.7. The number of halogens is 1. The Kier molecular flexibility index (Phi) is 5.47. The molecule has 0 aromatic heterocycles. The summed E-state index contributed by atoms with van der Waals surface area (Å²) in [5.74, 6) is 0.220. The van der Waals surface area contributed by atoms with Gasteiger partial charge in [-0.1, -0.05) is 55.3 Å². The highest BCUT2D eigenvalue weighted by atomic mass is 19.1. The maximum absolute atomic E-state index is 12.9. The van der Waals surface area contributed by atoms with Gasteiger partial charge in [0.2, 0.25) is 0 Å². The number of benzene rings is 2. The minimum atomic E-state index is -0.270. The number of hydrogen-bond donors (Lipinski definition) is 2. The Morgan fingerprint density at radius 3 is 2.38 bits per heavy atom. The van der Waals surface area contributed by atoms with Gasteiger partial charge in [-0.15, -0.1) is 0 Å². The molecule has 3 nitrogen and oxygen atoms in total. The van der Waals surface area contributed by atoms with E-state index in [1.807, 2.05) is 18.2 Å². The number of rotatable bonds is 5. The van der Waals surface area contributed by atoms with Crippen molar-refractivity contribution in [2.75, 3.05) is 0 Å². The molecule has 2 N–H and O–H groups in total. The summed E-state index contributed by atoms with van der Waals surface area (Å²) in [7, 11) is 0. The molecule has 0 radical (unpaired) electrons. The van der Waals surface area contributed by atoms with Gasteiger partial charge in [0.1, 0.15) is 5.82 Å². The molecule has 1 aliphatic carbocycles. The molecule has 0 heterocycles. The summed E-state index contributed by atoms with van der Waals surface area (Å²) in [4.78, 5) is 12.3. The fraction of sp³-hybridized carbons (Fsp3) is 0.350. The van der Waals surface area contributed by atoms with Gasteiger partial charge in [0.25, 0.3) is 0 Å². The predicted molar refractivity (Wildman–Crippen MR) is 92.9 cm³/mol. The molecule has 4 heteroatoms. The van der Waals surface area contributed by atoms with Gasteiger partial charge in [-0.25, -0.2) is 9.18 Å². The van der Waals surface area contributed by atoms with Gasteiger partial charge in [-0.05, 0) is 42.0 Å². The summed E-state index contributed by atoms with van der Waals surface area (Å²) in [5, 5.41) is 6.00. The van der Waals surface area contributed by atoms with E-state index in [1.54, 1.807) is 12.1 Å². The summed E-state index contributed by atoms with van der Waals surface area (Å²) >= 11 is 0. The Balaban J connectivity index is 1.61. The van der Waals surface area contributed by atoms with Crippen LogP contribution in [0.1, 0.15) is 42.9 Å². The quantitative estimate of drug-likeness (QED) is 0.831. The van der Waals surface area contributed by atoms with Crippen LogP contribution in [0.2, 0.25) is 0 Å². The zero-order valence-corrected chi connectivity index (χ0v) is 13.7. The van der Waals surface area contributed by atoms with Crippen LogP contribution in [0.15, 0.2) is 54.6 Å². The van der Waals surface area contributed by atoms with Crippen LogP contribution in [0, 0.1) is 11.7 Å². The van der Waals surface area contributed by atoms with Crippen molar-refractivity contribution in [1.82, 2.24) is 10.6 Å². The number of urea groups is 1. The van der Waals surface area contributed by atoms with Crippen LogP contribution in [0.5, 0.6) is 0 Å². The van der Waals surface area contributed by atoms with E-state index in [9.17, 15) is 9.18 Å². The summed E-state index contributed by atoms with van der Waals surface area (Å²) in [6.07, 6.45) is 4.76. The minimum Gasteiger partial charge on any atom is -0.334 e. The van der Waals surface area contributed by atoms with Crippen LogP contribution in [-0.4, -0.2) is 6.03 Å². The van der Waals surface area contributed by atoms with Crippen molar-refractivity contribution in [1.29, 1.82) is 0 Å². The lowest BCUT2D eigenvalue weighted by Crippen LogP contribution is -2.39. The molecule has 126 valence electrons. The third-order valence-electron chi connectivity index (χ3n) is 4.68. The molecule has 3 rings (SSSR count). The van der Waals surface area contributed by atoms with Crippen molar-refractivity contribution < 1.29 is 9.18 Å². The average Bonchev–Trinajstić information content (AvgIpc) is 3.14. The van der Waals surface area contributed by atoms with Crippen LogP contribution >= 0.6 is 0 Å². The molecule has 1 unspecified atom stereocenters. The second-order valence-electron chi connectivity index (χ2n) is 6.39. The summed E-state index contributed by atoms with van der Waals surface area (Å²) in [5.41, 5.74) is 2.03. The van der Waals surface area contributed by atoms with E-state index >= 15 is 0 Å². The van der Waals surface area contributed by atoms with Crippen LogP contribution in [0.4, 0.5) is 9.18 Å². The highest BCUT2D eigenvalue weighted by molar-refractivity contribution is 5.74. The Morgan fingerprint density at radius 2 is 1.71 bits per heavy atom. The zero-order chi connectivity index (χ0) is 16.8. The maximum Gasteiger partial charge on any atom is 0.315 e. The van der Waals surface area contributed by atoms with Crippen molar-refractivity contribution in [3.63, 3.8) is 0 Å². The molecule has 0 spiro atoms. The van der Waals surface area contributed by atoms with Gasteiger partial charge in [0.05, 0.1) is 6.04 Å². The van der Waals surface area contributed by atoms with Gasteiger partial charge in [-0.2, -0.15) is 0 Å². The highest BCUT2D eigenvalue weighted by Crippen LogP contribution is 2.35. The molecule has 0 saturated heterocycles. The third kappa shape index (κ3) is 4.34. The maximum atomic E-state index is 12.9. The van der Waals surface area contributed by atoms with Crippen molar-refractivity contribution in [2.24, 2.45) is 5.92 Å². The lowest BCUT2D eigenvalue weighted by Gasteiger charge is -2.25. The molecule has 1 atom stereocenters. The summed E-state index contributed by atoms with van der Waals surface area (Å²) < 4.78 is 12.9. The number of amides is 2. The van der Waals surface area contributed by atoms with E-state index in [1.165, 1.54) is 25.0 Å². The van der Waals surface area contributed by atoms with E-state index in [4.69, 9.17) is 0 Å². The predicted octanol–water partition coefficient (Wildman–Crippen LogP) is 4.56. The van der Waals surface area contributed by atoms with Crippen LogP contribution < -0.4 is 10.6 Å². The first-order valence-corrected chi connectivity index (χ1v) is 8.56. The standard InChI is InChI=1S/C20H23FN2O/c21-18-12-10-15(11-13-18)14-22-20(24)23-19(17-8-4-5-9-17)16-6-2-1-3-7-16/h1-3,6-7,10-13,17,19H,4-5,8-9,14H2,(H2,22,23,24). The van der Waals surface area contributed by atoms with E-state index in [2.05, 4.69) is 22.8 Å². The monoisotopic (exact) mass is 326 g/mol. The van der Waals surface area contributed by atoms with Crippen LogP contribution in [0.25, 0.3) is 0 Å². The molecule has 2 amide bonds. The average molecular weight is 326 g/mol. The fourth-order valence-electron chi connectivity index (χ4n) is 3.40. The van der Waals surface area contributed by atoms with Gasteiger partial charge in [0.15, 0.2) is 0 Å². The molecule has 1 saturated carbocycles. The van der Waals surface area contributed by atoms with Gasteiger partial charge >= 0.3 is 6.03 Å². The highest BCUT2D eigenvalue weighted by Gasteiger charge is 2.27. The molecule has 2 aromatic rings. The SMILES string of the molecule is O=C(NCc1ccc(F)cc1)NC(c1ccccc1)C1CCCC1. The molecular formula is C20H23FN2O. The molecule has 24 heavy (non-hydrogen) atoms. The fourth-order valence-corrected chi connectivity index (χ4v) is 3.40. The van der Waals surface area contributed by atoms with Crippen molar-refractivity contribution in [2.45, 2.75) is 38.3 Å². The first-order chi connectivity index (χ1) is 11.7. The molecule has 0 bridgehead atoms. The number of carbonyl (C=O) groups excluding carboxylic acids is 1. The Bertz CT molecular complexity index is 651. The molecule has 1 fully saturated rings. The summed E-state index contributed by atoms with van der Waals surface area (Å²) in [6.45, 7) is 0.387. The van der Waals surface area contributed by atoms with Crippen LogP contribution in [-0.2, 0) is 6.54 Å². The van der Waals surface area contributed by atoms with Crippen molar-refractivity contribution in [3.05, 3.63) is 71.5 Å². The first kappa shape index (κ1) is 16.5. The molecule has 1 aliphatic rings. The van der Waals surface area contributed by atoms with Crippen molar-refractivity contribution in [3.8, 4) is 0 Å². The van der Waals surface area contributed by atoms with E-state index in [0.717, 1.165) is 24.0 Å².